The first-order chi connectivity index (χ1) is 15.0. The minimum atomic E-state index is -0.476. The van der Waals surface area contributed by atoms with Crippen LogP contribution in [0.3, 0.4) is 0 Å². The molecule has 31 heavy (non-hydrogen) atoms. The van der Waals surface area contributed by atoms with Crippen molar-refractivity contribution in [1.29, 1.82) is 0 Å². The summed E-state index contributed by atoms with van der Waals surface area (Å²) in [5.74, 6) is -1.16. The Morgan fingerprint density at radius 2 is 1.81 bits per heavy atom. The number of benzene rings is 2. The number of carbonyl (C=O) groups is 1. The van der Waals surface area contributed by atoms with Crippen molar-refractivity contribution >= 4 is 22.4 Å². The first kappa shape index (κ1) is 20.6. The van der Waals surface area contributed by atoms with Crippen molar-refractivity contribution in [3.8, 4) is 5.88 Å². The maximum absolute atomic E-state index is 13.5. The topological polar surface area (TPSA) is 81.9 Å². The molecule has 1 N–H and O–H groups in total. The number of nitrogens with zero attached hydrogens (tertiary/aromatic N) is 4. The highest BCUT2D eigenvalue weighted by Gasteiger charge is 2.20. The van der Waals surface area contributed by atoms with Crippen molar-refractivity contribution in [3.05, 3.63) is 88.1 Å². The Morgan fingerprint density at radius 1 is 1.10 bits per heavy atom. The Hall–Kier alpha value is -3.66. The molecule has 0 radical (unpaired) electrons. The van der Waals surface area contributed by atoms with Crippen LogP contribution in [0.25, 0.3) is 0 Å². The summed E-state index contributed by atoms with van der Waals surface area (Å²) < 4.78 is 34.1. The number of anilines is 1. The Balaban J connectivity index is 1.58. The fourth-order valence-electron chi connectivity index (χ4n) is 2.86. The summed E-state index contributed by atoms with van der Waals surface area (Å²) in [6.45, 7) is 2.03. The zero-order chi connectivity index (χ0) is 21.8. The van der Waals surface area contributed by atoms with Crippen LogP contribution in [-0.4, -0.2) is 25.9 Å². The highest BCUT2D eigenvalue weighted by atomic mass is 32.1. The molecule has 0 unspecified atom stereocenters. The lowest BCUT2D eigenvalue weighted by atomic mass is 10.2. The molecule has 2 heterocycles. The number of amides is 1. The molecule has 158 valence electrons. The van der Waals surface area contributed by atoms with Crippen molar-refractivity contribution in [2.24, 2.45) is 0 Å². The number of aromatic nitrogens is 4. The molecule has 7 nitrogen and oxygen atoms in total. The lowest BCUT2D eigenvalue weighted by Gasteiger charge is -2.06. The third-order valence-corrected chi connectivity index (χ3v) is 4.97. The van der Waals surface area contributed by atoms with Gasteiger partial charge >= 0.3 is 0 Å². The zero-order valence-corrected chi connectivity index (χ0v) is 17.2. The van der Waals surface area contributed by atoms with Gasteiger partial charge in [0, 0.05) is 6.20 Å². The molecule has 0 aliphatic rings. The summed E-state index contributed by atoms with van der Waals surface area (Å²) in [7, 11) is 0. The number of hydrogen-bond acceptors (Lipinski definition) is 6. The normalized spacial score (nSPS) is 10.8. The third kappa shape index (κ3) is 5.28. The maximum Gasteiger partial charge on any atom is 0.264 e. The third-order valence-electron chi connectivity index (χ3n) is 4.22. The number of aryl methyl sites for hydroxylation is 1. The molecule has 0 aliphatic carbocycles. The van der Waals surface area contributed by atoms with Crippen LogP contribution in [0.2, 0.25) is 0 Å². The van der Waals surface area contributed by atoms with Crippen LogP contribution in [0.15, 0.2) is 54.7 Å². The molecular weight excluding hydrogens is 424 g/mol. The van der Waals surface area contributed by atoms with E-state index in [1.165, 1.54) is 46.5 Å². The molecule has 0 bridgehead atoms. The number of carbonyl (C=O) groups excluding carboxylic acids is 1. The largest absolute Gasteiger partial charge is 0.471 e. The molecule has 4 rings (SSSR count). The standard InChI is InChI=1S/C21H17F2N5O2S/c1-13-25-26-21(31-13)24-19(29)18-11-28(10-14-4-2-6-16(22)8-14)27-20(18)30-12-15-5-3-7-17(23)9-15/h2-9,11H,10,12H2,1H3,(H,24,26,29). The van der Waals surface area contributed by atoms with Gasteiger partial charge in [-0.15, -0.1) is 15.3 Å². The number of halogens is 2. The smallest absolute Gasteiger partial charge is 0.264 e. The summed E-state index contributed by atoms with van der Waals surface area (Å²) in [6, 6.07) is 12.0. The summed E-state index contributed by atoms with van der Waals surface area (Å²) in [5, 5.41) is 15.8. The van der Waals surface area contributed by atoms with E-state index < -0.39 is 5.91 Å². The van der Waals surface area contributed by atoms with E-state index in [1.807, 2.05) is 0 Å². The average Bonchev–Trinajstić information content (AvgIpc) is 3.32. The predicted molar refractivity (Wildman–Crippen MR) is 111 cm³/mol. The van der Waals surface area contributed by atoms with E-state index in [1.54, 1.807) is 31.2 Å². The van der Waals surface area contributed by atoms with Gasteiger partial charge in [0.25, 0.3) is 5.91 Å². The summed E-state index contributed by atoms with van der Waals surface area (Å²) in [6.07, 6.45) is 1.51. The van der Waals surface area contributed by atoms with E-state index in [-0.39, 0.29) is 36.2 Å². The van der Waals surface area contributed by atoms with Crippen LogP contribution in [0.4, 0.5) is 13.9 Å². The number of nitrogens with one attached hydrogen (secondary N) is 1. The lowest BCUT2D eigenvalue weighted by molar-refractivity contribution is 0.102. The highest BCUT2D eigenvalue weighted by molar-refractivity contribution is 7.15. The Kier molecular flexibility index (Phi) is 5.99. The molecular formula is C21H17F2N5O2S. The number of hydrogen-bond donors (Lipinski definition) is 1. The van der Waals surface area contributed by atoms with Crippen LogP contribution < -0.4 is 10.1 Å². The highest BCUT2D eigenvalue weighted by Crippen LogP contribution is 2.22. The zero-order valence-electron chi connectivity index (χ0n) is 16.4. The quantitative estimate of drug-likeness (QED) is 0.465. The molecule has 2 aromatic heterocycles. The molecule has 4 aromatic rings. The van der Waals surface area contributed by atoms with Crippen LogP contribution in [-0.2, 0) is 13.2 Å². The van der Waals surface area contributed by atoms with E-state index in [2.05, 4.69) is 20.6 Å². The lowest BCUT2D eigenvalue weighted by Crippen LogP contribution is -2.12. The Bertz CT molecular complexity index is 1220. The van der Waals surface area contributed by atoms with Crippen molar-refractivity contribution in [2.45, 2.75) is 20.1 Å². The van der Waals surface area contributed by atoms with Gasteiger partial charge in [0.05, 0.1) is 6.54 Å². The van der Waals surface area contributed by atoms with E-state index in [4.69, 9.17) is 4.74 Å². The summed E-state index contributed by atoms with van der Waals surface area (Å²) in [4.78, 5) is 12.8. The van der Waals surface area contributed by atoms with E-state index in [0.717, 1.165) is 0 Å². The monoisotopic (exact) mass is 441 g/mol. The van der Waals surface area contributed by atoms with Crippen LogP contribution >= 0.6 is 11.3 Å². The van der Waals surface area contributed by atoms with Gasteiger partial charge in [0.1, 0.15) is 28.8 Å². The number of ether oxygens (including phenoxy) is 1. The SMILES string of the molecule is Cc1nnc(NC(=O)c2cn(Cc3cccc(F)c3)nc2OCc2cccc(F)c2)s1. The van der Waals surface area contributed by atoms with E-state index in [9.17, 15) is 13.6 Å². The van der Waals surface area contributed by atoms with Crippen LogP contribution in [0.1, 0.15) is 26.5 Å². The molecule has 2 aromatic carbocycles. The first-order valence-corrected chi connectivity index (χ1v) is 10.1. The van der Waals surface area contributed by atoms with Gasteiger partial charge in [-0.25, -0.2) is 8.78 Å². The molecule has 10 heteroatoms. The molecule has 1 amide bonds. The van der Waals surface area contributed by atoms with Gasteiger partial charge in [-0.3, -0.25) is 14.8 Å². The second-order valence-corrected chi connectivity index (χ2v) is 7.86. The fourth-order valence-corrected chi connectivity index (χ4v) is 3.45. The Labute approximate surface area is 180 Å². The summed E-state index contributed by atoms with van der Waals surface area (Å²) >= 11 is 1.23. The second kappa shape index (κ2) is 9.00. The Morgan fingerprint density at radius 3 is 2.48 bits per heavy atom. The maximum atomic E-state index is 13.5. The van der Waals surface area contributed by atoms with Gasteiger partial charge in [0.15, 0.2) is 0 Å². The van der Waals surface area contributed by atoms with Gasteiger partial charge in [0.2, 0.25) is 11.0 Å². The fraction of sp³-hybridized carbons (Fsp3) is 0.143. The minimum absolute atomic E-state index is 0.0208. The summed E-state index contributed by atoms with van der Waals surface area (Å²) in [5.41, 5.74) is 1.43. The molecule has 0 spiro atoms. The van der Waals surface area contributed by atoms with Gasteiger partial charge in [-0.1, -0.05) is 35.6 Å². The molecule has 0 atom stereocenters. The van der Waals surface area contributed by atoms with Gasteiger partial charge < -0.3 is 4.74 Å². The van der Waals surface area contributed by atoms with Crippen LogP contribution in [0, 0.1) is 18.6 Å². The molecule has 0 saturated heterocycles. The van der Waals surface area contributed by atoms with Crippen LogP contribution in [0.5, 0.6) is 5.88 Å². The van der Waals surface area contributed by atoms with Gasteiger partial charge in [-0.2, -0.15) is 0 Å². The van der Waals surface area contributed by atoms with Crippen molar-refractivity contribution < 1.29 is 18.3 Å². The number of rotatable bonds is 7. The predicted octanol–water partition coefficient (Wildman–Crippen LogP) is 4.20. The van der Waals surface area contributed by atoms with E-state index >= 15 is 0 Å². The average molecular weight is 441 g/mol. The molecule has 0 fully saturated rings. The van der Waals surface area contributed by atoms with E-state index in [0.29, 0.717) is 21.3 Å². The van der Waals surface area contributed by atoms with Crippen molar-refractivity contribution in [1.82, 2.24) is 20.0 Å². The second-order valence-electron chi connectivity index (χ2n) is 6.67. The van der Waals surface area contributed by atoms with Gasteiger partial charge in [-0.05, 0) is 42.3 Å². The molecule has 0 saturated carbocycles. The first-order valence-electron chi connectivity index (χ1n) is 9.27. The molecule has 0 aliphatic heterocycles. The minimum Gasteiger partial charge on any atom is -0.471 e. The van der Waals surface area contributed by atoms with Crippen molar-refractivity contribution in [2.75, 3.05) is 5.32 Å². The van der Waals surface area contributed by atoms with Crippen molar-refractivity contribution in [3.63, 3.8) is 0 Å².